The maximum absolute atomic E-state index is 5.66. The number of hydrogen-bond acceptors (Lipinski definition) is 5. The maximum Gasteiger partial charge on any atom is 0.322 e. The van der Waals surface area contributed by atoms with Gasteiger partial charge in [0.25, 0.3) is 0 Å². The van der Waals surface area contributed by atoms with E-state index in [4.69, 9.17) is 16.3 Å². The third-order valence-electron chi connectivity index (χ3n) is 1.25. The molecule has 0 aliphatic heterocycles. The van der Waals surface area contributed by atoms with E-state index in [-0.39, 0.29) is 11.3 Å². The van der Waals surface area contributed by atoms with Crippen molar-refractivity contribution in [3.8, 4) is 6.01 Å². The molecule has 0 unspecified atom stereocenters. The number of hydrogen-bond donors (Lipinski definition) is 0. The van der Waals surface area contributed by atoms with E-state index < -0.39 is 0 Å². The van der Waals surface area contributed by atoms with Gasteiger partial charge in [0.05, 0.1) is 6.61 Å². The second kappa shape index (κ2) is 4.23. The van der Waals surface area contributed by atoms with Gasteiger partial charge in [-0.25, -0.2) is 0 Å². The van der Waals surface area contributed by atoms with Crippen molar-refractivity contribution in [3.05, 3.63) is 5.28 Å². The molecule has 0 bridgehead atoms. The highest BCUT2D eigenvalue weighted by atomic mass is 35.5. The summed E-state index contributed by atoms with van der Waals surface area (Å²) in [6.45, 7) is 2.36. The monoisotopic (exact) mass is 202 g/mol. The first-order valence-electron chi connectivity index (χ1n) is 3.85. The summed E-state index contributed by atoms with van der Waals surface area (Å²) >= 11 is 5.66. The van der Waals surface area contributed by atoms with Crippen molar-refractivity contribution < 1.29 is 4.74 Å². The fourth-order valence-corrected chi connectivity index (χ4v) is 0.864. The molecule has 0 saturated carbocycles. The predicted octanol–water partition coefficient (Wildman–Crippen LogP) is 0.990. The van der Waals surface area contributed by atoms with E-state index in [1.165, 1.54) is 0 Å². The zero-order valence-corrected chi connectivity index (χ0v) is 8.54. The Morgan fingerprint density at radius 2 is 2.00 bits per heavy atom. The van der Waals surface area contributed by atoms with Crippen LogP contribution in [-0.2, 0) is 0 Å². The molecule has 0 aromatic carbocycles. The Labute approximate surface area is 81.7 Å². The summed E-state index contributed by atoms with van der Waals surface area (Å²) in [7, 11) is 3.64. The van der Waals surface area contributed by atoms with Gasteiger partial charge in [-0.1, -0.05) is 0 Å². The highest BCUT2D eigenvalue weighted by Gasteiger charge is 2.06. The van der Waals surface area contributed by atoms with E-state index in [0.29, 0.717) is 12.6 Å². The summed E-state index contributed by atoms with van der Waals surface area (Å²) in [4.78, 5) is 13.5. The van der Waals surface area contributed by atoms with E-state index >= 15 is 0 Å². The Kier molecular flexibility index (Phi) is 3.25. The third-order valence-corrected chi connectivity index (χ3v) is 1.42. The second-order valence-corrected chi connectivity index (χ2v) is 2.85. The smallest absolute Gasteiger partial charge is 0.322 e. The molecular weight excluding hydrogens is 192 g/mol. The number of ether oxygens (including phenoxy) is 1. The van der Waals surface area contributed by atoms with Crippen LogP contribution < -0.4 is 9.64 Å². The Balaban J connectivity index is 2.96. The van der Waals surface area contributed by atoms with Gasteiger partial charge in [0.1, 0.15) is 0 Å². The van der Waals surface area contributed by atoms with Gasteiger partial charge in [0, 0.05) is 14.1 Å². The molecule has 0 N–H and O–H groups in total. The standard InChI is InChI=1S/C7H11ClN4O/c1-4-13-7-10-5(8)9-6(11-7)12(2)3/h4H2,1-3H3. The number of anilines is 1. The van der Waals surface area contributed by atoms with Gasteiger partial charge in [0.15, 0.2) is 0 Å². The van der Waals surface area contributed by atoms with Crippen LogP contribution >= 0.6 is 11.6 Å². The van der Waals surface area contributed by atoms with Crippen LogP contribution in [0.5, 0.6) is 6.01 Å². The molecule has 1 heterocycles. The summed E-state index contributed by atoms with van der Waals surface area (Å²) in [5, 5.41) is 0.141. The average molecular weight is 203 g/mol. The number of nitrogens with zero attached hydrogens (tertiary/aromatic N) is 4. The van der Waals surface area contributed by atoms with Crippen LogP contribution in [0, 0.1) is 0 Å². The first-order valence-corrected chi connectivity index (χ1v) is 4.23. The Morgan fingerprint density at radius 3 is 2.54 bits per heavy atom. The van der Waals surface area contributed by atoms with Crippen LogP contribution in [0.4, 0.5) is 5.95 Å². The van der Waals surface area contributed by atoms with Crippen molar-refractivity contribution in [1.82, 2.24) is 15.0 Å². The number of halogens is 1. The largest absolute Gasteiger partial charge is 0.464 e. The lowest BCUT2D eigenvalue weighted by Gasteiger charge is -2.10. The van der Waals surface area contributed by atoms with E-state index in [0.717, 1.165) is 0 Å². The SMILES string of the molecule is CCOc1nc(Cl)nc(N(C)C)n1. The zero-order valence-electron chi connectivity index (χ0n) is 7.78. The van der Waals surface area contributed by atoms with Crippen LogP contribution in [0.2, 0.25) is 5.28 Å². The van der Waals surface area contributed by atoms with Crippen LogP contribution in [0.15, 0.2) is 0 Å². The summed E-state index contributed by atoms with van der Waals surface area (Å²) in [5.41, 5.74) is 0. The van der Waals surface area contributed by atoms with Gasteiger partial charge in [0.2, 0.25) is 11.2 Å². The molecule has 72 valence electrons. The molecule has 0 radical (unpaired) electrons. The molecule has 1 aromatic heterocycles. The Morgan fingerprint density at radius 1 is 1.31 bits per heavy atom. The van der Waals surface area contributed by atoms with Crippen molar-refractivity contribution in [1.29, 1.82) is 0 Å². The minimum absolute atomic E-state index is 0.141. The molecule has 0 saturated heterocycles. The lowest BCUT2D eigenvalue weighted by molar-refractivity contribution is 0.311. The summed E-state index contributed by atoms with van der Waals surface area (Å²) in [6.07, 6.45) is 0. The first kappa shape index (κ1) is 9.98. The Bertz CT molecular complexity index is 292. The molecule has 13 heavy (non-hydrogen) atoms. The van der Waals surface area contributed by atoms with Crippen LogP contribution in [-0.4, -0.2) is 35.7 Å². The lowest BCUT2D eigenvalue weighted by atomic mass is 10.8. The zero-order chi connectivity index (χ0) is 9.84. The van der Waals surface area contributed by atoms with E-state index in [1.54, 1.807) is 4.90 Å². The van der Waals surface area contributed by atoms with Crippen molar-refractivity contribution >= 4 is 17.5 Å². The molecule has 0 aliphatic rings. The summed E-state index contributed by atoms with van der Waals surface area (Å²) in [6, 6.07) is 0.256. The maximum atomic E-state index is 5.66. The minimum Gasteiger partial charge on any atom is -0.464 e. The molecule has 0 fully saturated rings. The molecule has 0 spiro atoms. The molecule has 0 atom stereocenters. The minimum atomic E-state index is 0.141. The summed E-state index contributed by atoms with van der Waals surface area (Å²) in [5.74, 6) is 0.489. The predicted molar refractivity (Wildman–Crippen MR) is 50.3 cm³/mol. The molecule has 0 amide bonds. The first-order chi connectivity index (χ1) is 6.13. The number of rotatable bonds is 3. The van der Waals surface area contributed by atoms with Crippen molar-refractivity contribution in [2.45, 2.75) is 6.92 Å². The highest BCUT2D eigenvalue weighted by molar-refractivity contribution is 6.28. The van der Waals surface area contributed by atoms with Gasteiger partial charge in [-0.2, -0.15) is 15.0 Å². The summed E-state index contributed by atoms with van der Waals surface area (Å²) < 4.78 is 5.10. The van der Waals surface area contributed by atoms with Gasteiger partial charge >= 0.3 is 6.01 Å². The van der Waals surface area contributed by atoms with E-state index in [2.05, 4.69) is 15.0 Å². The van der Waals surface area contributed by atoms with Crippen molar-refractivity contribution in [3.63, 3.8) is 0 Å². The van der Waals surface area contributed by atoms with E-state index in [9.17, 15) is 0 Å². The molecule has 6 heteroatoms. The molecule has 5 nitrogen and oxygen atoms in total. The molecule has 1 rings (SSSR count). The highest BCUT2D eigenvalue weighted by Crippen LogP contribution is 2.12. The van der Waals surface area contributed by atoms with Crippen LogP contribution in [0.25, 0.3) is 0 Å². The van der Waals surface area contributed by atoms with Crippen molar-refractivity contribution in [2.75, 3.05) is 25.6 Å². The Hall–Kier alpha value is -1.10. The second-order valence-electron chi connectivity index (χ2n) is 2.51. The fourth-order valence-electron chi connectivity index (χ4n) is 0.716. The van der Waals surface area contributed by atoms with Crippen LogP contribution in [0.1, 0.15) is 6.92 Å². The van der Waals surface area contributed by atoms with Gasteiger partial charge in [-0.3, -0.25) is 0 Å². The van der Waals surface area contributed by atoms with Gasteiger partial charge < -0.3 is 9.64 Å². The molecule has 0 aliphatic carbocycles. The normalized spacial score (nSPS) is 9.85. The topological polar surface area (TPSA) is 51.1 Å². The quantitative estimate of drug-likeness (QED) is 0.732. The van der Waals surface area contributed by atoms with E-state index in [1.807, 2.05) is 21.0 Å². The van der Waals surface area contributed by atoms with Gasteiger partial charge in [-0.05, 0) is 18.5 Å². The van der Waals surface area contributed by atoms with Gasteiger partial charge in [-0.15, -0.1) is 0 Å². The third kappa shape index (κ3) is 2.69. The average Bonchev–Trinajstić information content (AvgIpc) is 2.03. The number of aromatic nitrogens is 3. The lowest BCUT2D eigenvalue weighted by Crippen LogP contribution is -2.14. The molecular formula is C7H11ClN4O. The van der Waals surface area contributed by atoms with Crippen molar-refractivity contribution in [2.24, 2.45) is 0 Å². The molecule has 1 aromatic rings. The fraction of sp³-hybridized carbons (Fsp3) is 0.571. The van der Waals surface area contributed by atoms with Crippen LogP contribution in [0.3, 0.4) is 0 Å².